The Labute approximate surface area is 173 Å². The van der Waals surface area contributed by atoms with Crippen LogP contribution in [0, 0.1) is 10.1 Å². The molecule has 0 atom stereocenters. The summed E-state index contributed by atoms with van der Waals surface area (Å²) in [5.41, 5.74) is 4.36. The summed E-state index contributed by atoms with van der Waals surface area (Å²) in [6, 6.07) is 11.4. The minimum Gasteiger partial charge on any atom is -0.366 e. The lowest BCUT2D eigenvalue weighted by Gasteiger charge is -2.28. The minimum atomic E-state index is -0.460. The van der Waals surface area contributed by atoms with Crippen molar-refractivity contribution in [3.63, 3.8) is 0 Å². The Balaban J connectivity index is 1.70. The Bertz CT molecular complexity index is 983. The van der Waals surface area contributed by atoms with E-state index in [0.29, 0.717) is 22.5 Å². The van der Waals surface area contributed by atoms with Crippen LogP contribution in [0.4, 0.5) is 17.1 Å². The zero-order valence-corrected chi connectivity index (χ0v) is 16.6. The van der Waals surface area contributed by atoms with Crippen molar-refractivity contribution in [3.05, 3.63) is 63.7 Å². The summed E-state index contributed by atoms with van der Waals surface area (Å²) in [5.74, 6) is -0.696. The van der Waals surface area contributed by atoms with Gasteiger partial charge in [0.25, 0.3) is 11.6 Å². The smallest absolute Gasteiger partial charge is 0.293 e. The van der Waals surface area contributed by atoms with Crippen molar-refractivity contribution < 1.29 is 14.5 Å². The molecular weight excluding hydrogens is 386 g/mol. The molecule has 1 aliphatic rings. The number of nitrogens with one attached hydrogen (secondary N) is 2. The summed E-state index contributed by atoms with van der Waals surface area (Å²) in [6.07, 6.45) is 4.55. The van der Waals surface area contributed by atoms with Crippen molar-refractivity contribution in [2.24, 2.45) is 5.10 Å². The van der Waals surface area contributed by atoms with Crippen LogP contribution in [0.5, 0.6) is 0 Å². The summed E-state index contributed by atoms with van der Waals surface area (Å²) >= 11 is 0. The Kier molecular flexibility index (Phi) is 6.74. The van der Waals surface area contributed by atoms with E-state index in [-0.39, 0.29) is 11.6 Å². The lowest BCUT2D eigenvalue weighted by Crippen LogP contribution is -2.29. The molecule has 0 radical (unpaired) electrons. The predicted molar refractivity (Wildman–Crippen MR) is 115 cm³/mol. The molecular formula is C21H23N5O4. The number of carbonyl (C=O) groups excluding carboxylic acids is 2. The number of hydrazone groups is 1. The molecule has 1 saturated heterocycles. The highest BCUT2D eigenvalue weighted by Crippen LogP contribution is 2.30. The molecule has 9 heteroatoms. The molecule has 2 N–H and O–H groups in total. The monoisotopic (exact) mass is 409 g/mol. The molecule has 2 aromatic rings. The largest absolute Gasteiger partial charge is 0.366 e. The number of nitro groups is 1. The van der Waals surface area contributed by atoms with Crippen LogP contribution < -0.4 is 15.6 Å². The molecule has 0 aliphatic carbocycles. The van der Waals surface area contributed by atoms with Gasteiger partial charge in [-0.15, -0.1) is 0 Å². The number of nitro benzene ring substituents is 1. The van der Waals surface area contributed by atoms with Gasteiger partial charge in [0, 0.05) is 42.9 Å². The number of benzene rings is 2. The number of rotatable bonds is 6. The average Bonchev–Trinajstić information content (AvgIpc) is 2.74. The summed E-state index contributed by atoms with van der Waals surface area (Å²) in [4.78, 5) is 36.6. The van der Waals surface area contributed by atoms with Gasteiger partial charge in [0.15, 0.2) is 0 Å². The van der Waals surface area contributed by atoms with Gasteiger partial charge < -0.3 is 10.2 Å². The van der Waals surface area contributed by atoms with Crippen LogP contribution >= 0.6 is 0 Å². The molecule has 0 saturated carbocycles. The van der Waals surface area contributed by atoms with Crippen LogP contribution in [0.15, 0.2) is 47.6 Å². The molecule has 3 rings (SSSR count). The van der Waals surface area contributed by atoms with E-state index in [0.717, 1.165) is 32.4 Å². The van der Waals surface area contributed by atoms with Gasteiger partial charge in [-0.05, 0) is 43.5 Å². The van der Waals surface area contributed by atoms with Crippen LogP contribution in [0.25, 0.3) is 0 Å². The van der Waals surface area contributed by atoms with Gasteiger partial charge >= 0.3 is 0 Å². The van der Waals surface area contributed by atoms with Gasteiger partial charge in [-0.3, -0.25) is 19.7 Å². The highest BCUT2D eigenvalue weighted by Gasteiger charge is 2.21. The Morgan fingerprint density at radius 2 is 1.90 bits per heavy atom. The fourth-order valence-corrected chi connectivity index (χ4v) is 3.34. The van der Waals surface area contributed by atoms with E-state index in [4.69, 9.17) is 0 Å². The zero-order valence-electron chi connectivity index (χ0n) is 16.6. The van der Waals surface area contributed by atoms with Gasteiger partial charge in [-0.2, -0.15) is 5.10 Å². The molecule has 1 heterocycles. The second-order valence-electron chi connectivity index (χ2n) is 7.01. The fraction of sp³-hybridized carbons (Fsp3) is 0.286. The van der Waals surface area contributed by atoms with E-state index >= 15 is 0 Å². The summed E-state index contributed by atoms with van der Waals surface area (Å²) in [6.45, 7) is 3.00. The Morgan fingerprint density at radius 1 is 1.13 bits per heavy atom. The highest BCUT2D eigenvalue weighted by atomic mass is 16.6. The molecule has 156 valence electrons. The fourth-order valence-electron chi connectivity index (χ4n) is 3.34. The third kappa shape index (κ3) is 5.40. The van der Waals surface area contributed by atoms with E-state index in [1.807, 2.05) is 4.90 Å². The van der Waals surface area contributed by atoms with Crippen molar-refractivity contribution in [1.29, 1.82) is 0 Å². The maximum Gasteiger partial charge on any atom is 0.293 e. The third-order valence-electron chi connectivity index (χ3n) is 4.72. The van der Waals surface area contributed by atoms with Crippen LogP contribution in [0.3, 0.4) is 0 Å². The first-order valence-corrected chi connectivity index (χ1v) is 9.68. The Morgan fingerprint density at radius 3 is 2.60 bits per heavy atom. The summed E-state index contributed by atoms with van der Waals surface area (Å²) in [7, 11) is 0. The van der Waals surface area contributed by atoms with Crippen LogP contribution in [0.2, 0.25) is 0 Å². The predicted octanol–water partition coefficient (Wildman–Crippen LogP) is 3.31. The molecule has 0 unspecified atom stereocenters. The molecule has 0 aromatic heterocycles. The van der Waals surface area contributed by atoms with E-state index < -0.39 is 10.8 Å². The normalized spacial score (nSPS) is 13.8. The van der Waals surface area contributed by atoms with Crippen molar-refractivity contribution in [2.75, 3.05) is 23.3 Å². The molecule has 2 amide bonds. The van der Waals surface area contributed by atoms with Gasteiger partial charge in [0.05, 0.1) is 11.1 Å². The molecule has 0 spiro atoms. The zero-order chi connectivity index (χ0) is 21.5. The van der Waals surface area contributed by atoms with Crippen LogP contribution in [-0.2, 0) is 4.79 Å². The quantitative estimate of drug-likeness (QED) is 0.431. The highest BCUT2D eigenvalue weighted by molar-refractivity contribution is 5.97. The van der Waals surface area contributed by atoms with Crippen LogP contribution in [-0.4, -0.2) is 36.0 Å². The van der Waals surface area contributed by atoms with E-state index in [1.54, 1.807) is 30.3 Å². The second-order valence-corrected chi connectivity index (χ2v) is 7.01. The van der Waals surface area contributed by atoms with E-state index in [1.165, 1.54) is 25.3 Å². The van der Waals surface area contributed by atoms with Gasteiger partial charge in [-0.1, -0.05) is 12.1 Å². The maximum atomic E-state index is 12.3. The topological polar surface area (TPSA) is 117 Å². The minimum absolute atomic E-state index is 0.0233. The van der Waals surface area contributed by atoms with Gasteiger partial charge in [0.2, 0.25) is 5.91 Å². The van der Waals surface area contributed by atoms with Crippen molar-refractivity contribution in [3.8, 4) is 0 Å². The van der Waals surface area contributed by atoms with E-state index in [2.05, 4.69) is 15.8 Å². The summed E-state index contributed by atoms with van der Waals surface area (Å²) < 4.78 is 0. The standard InChI is InChI=1S/C21H23N5O4/c1-15(27)23-18-7-5-6-17(13-18)21(28)24-22-14-16-8-9-19(20(12-16)26(29)30)25-10-3-2-4-11-25/h5-9,12-14H,2-4,10-11H2,1H3,(H,23,27)(H,24,28). The first-order valence-electron chi connectivity index (χ1n) is 9.68. The first-order chi connectivity index (χ1) is 14.4. The lowest BCUT2D eigenvalue weighted by molar-refractivity contribution is -0.384. The number of carbonyl (C=O) groups is 2. The maximum absolute atomic E-state index is 12.3. The van der Waals surface area contributed by atoms with Crippen molar-refractivity contribution in [2.45, 2.75) is 26.2 Å². The Hall–Kier alpha value is -3.75. The van der Waals surface area contributed by atoms with Crippen molar-refractivity contribution in [1.82, 2.24) is 5.43 Å². The average molecular weight is 409 g/mol. The first kappa shape index (κ1) is 21.0. The number of anilines is 2. The van der Waals surface area contributed by atoms with Crippen molar-refractivity contribution >= 4 is 35.1 Å². The number of hydrogen-bond acceptors (Lipinski definition) is 6. The second kappa shape index (κ2) is 9.64. The van der Waals surface area contributed by atoms with Crippen LogP contribution in [0.1, 0.15) is 42.1 Å². The molecule has 0 bridgehead atoms. The number of amides is 2. The van der Waals surface area contributed by atoms with Gasteiger partial charge in [-0.25, -0.2) is 5.43 Å². The molecule has 1 fully saturated rings. The third-order valence-corrected chi connectivity index (χ3v) is 4.72. The number of hydrogen-bond donors (Lipinski definition) is 2. The SMILES string of the molecule is CC(=O)Nc1cccc(C(=O)NN=Cc2ccc(N3CCCCC3)c([N+](=O)[O-])c2)c1. The number of piperidine rings is 1. The molecule has 30 heavy (non-hydrogen) atoms. The number of nitrogens with zero attached hydrogens (tertiary/aromatic N) is 3. The summed E-state index contributed by atoms with van der Waals surface area (Å²) in [5, 5.41) is 18.0. The molecule has 1 aliphatic heterocycles. The van der Waals surface area contributed by atoms with Gasteiger partial charge in [0.1, 0.15) is 5.69 Å². The molecule has 9 nitrogen and oxygen atoms in total. The van der Waals surface area contributed by atoms with E-state index in [9.17, 15) is 19.7 Å². The lowest BCUT2D eigenvalue weighted by atomic mass is 10.1. The molecule has 2 aromatic carbocycles.